The molecule has 0 aliphatic rings. The summed E-state index contributed by atoms with van der Waals surface area (Å²) < 4.78 is 4.97. The van der Waals surface area contributed by atoms with Crippen molar-refractivity contribution >= 4 is 5.97 Å². The van der Waals surface area contributed by atoms with Gasteiger partial charge in [0, 0.05) is 7.11 Å². The lowest BCUT2D eigenvalue weighted by atomic mass is 10.1. The largest absolute Gasteiger partial charge is 0.504 e. The topological polar surface area (TPSA) is 87.0 Å². The maximum atomic E-state index is 10.5. The predicted molar refractivity (Wildman–Crippen MR) is 51.8 cm³/mol. The van der Waals surface area contributed by atoms with E-state index in [9.17, 15) is 9.90 Å². The van der Waals surface area contributed by atoms with Crippen LogP contribution in [0.2, 0.25) is 0 Å². The van der Waals surface area contributed by atoms with Crippen molar-refractivity contribution in [3.8, 4) is 11.5 Å². The second kappa shape index (κ2) is 4.65. The number of benzene rings is 1. The highest BCUT2D eigenvalue weighted by molar-refractivity contribution is 5.67. The normalized spacial score (nSPS) is 12.3. The summed E-state index contributed by atoms with van der Waals surface area (Å²) >= 11 is 0. The van der Waals surface area contributed by atoms with E-state index in [1.54, 1.807) is 0 Å². The Balaban J connectivity index is 2.92. The number of aromatic hydroxyl groups is 2. The van der Waals surface area contributed by atoms with Gasteiger partial charge in [-0.2, -0.15) is 0 Å². The molecule has 0 saturated carbocycles. The highest BCUT2D eigenvalue weighted by Crippen LogP contribution is 2.30. The van der Waals surface area contributed by atoms with E-state index in [0.29, 0.717) is 5.56 Å². The molecule has 1 aromatic rings. The summed E-state index contributed by atoms with van der Waals surface area (Å²) in [4.78, 5) is 10.5. The Morgan fingerprint density at radius 2 is 2.07 bits per heavy atom. The number of rotatable bonds is 4. The summed E-state index contributed by atoms with van der Waals surface area (Å²) in [5.74, 6) is -1.53. The Bertz CT molecular complexity index is 361. The molecule has 0 radical (unpaired) electrons. The standard InChI is InChI=1S/C10H12O5/c1-15-9(5-10(13)14)6-2-3-7(11)8(12)4-6/h2-4,9,11-12H,5H2,1H3,(H,13,14). The SMILES string of the molecule is COC(CC(=O)O)c1ccc(O)c(O)c1. The molecule has 0 spiro atoms. The summed E-state index contributed by atoms with van der Waals surface area (Å²) in [5.41, 5.74) is 0.509. The third-order valence-electron chi connectivity index (χ3n) is 2.02. The Morgan fingerprint density at radius 3 is 2.53 bits per heavy atom. The first-order valence-electron chi connectivity index (χ1n) is 4.31. The number of carboxylic acid groups (broad SMARTS) is 1. The number of phenolic OH excluding ortho intramolecular Hbond substituents is 2. The Morgan fingerprint density at radius 1 is 1.40 bits per heavy atom. The molecule has 1 unspecified atom stereocenters. The van der Waals surface area contributed by atoms with Crippen LogP contribution < -0.4 is 0 Å². The van der Waals surface area contributed by atoms with E-state index >= 15 is 0 Å². The van der Waals surface area contributed by atoms with Crippen molar-refractivity contribution in [2.75, 3.05) is 7.11 Å². The number of carbonyl (C=O) groups is 1. The van der Waals surface area contributed by atoms with Gasteiger partial charge in [-0.3, -0.25) is 4.79 Å². The fraction of sp³-hybridized carbons (Fsp3) is 0.300. The number of hydrogen-bond acceptors (Lipinski definition) is 4. The molecule has 15 heavy (non-hydrogen) atoms. The molecule has 5 heteroatoms. The summed E-state index contributed by atoms with van der Waals surface area (Å²) in [6.07, 6.45) is -0.824. The number of carboxylic acids is 1. The fourth-order valence-electron chi connectivity index (χ4n) is 1.24. The predicted octanol–water partition coefficient (Wildman–Crippen LogP) is 1.26. The molecule has 1 rings (SSSR count). The van der Waals surface area contributed by atoms with Crippen molar-refractivity contribution in [1.82, 2.24) is 0 Å². The third-order valence-corrected chi connectivity index (χ3v) is 2.02. The molecule has 5 nitrogen and oxygen atoms in total. The minimum atomic E-state index is -0.991. The van der Waals surface area contributed by atoms with Crippen LogP contribution in [-0.4, -0.2) is 28.4 Å². The molecular weight excluding hydrogens is 200 g/mol. The van der Waals surface area contributed by atoms with Crippen LogP contribution in [0.3, 0.4) is 0 Å². The highest BCUT2D eigenvalue weighted by Gasteiger charge is 2.15. The van der Waals surface area contributed by atoms with Gasteiger partial charge >= 0.3 is 5.97 Å². The van der Waals surface area contributed by atoms with Crippen molar-refractivity contribution in [3.05, 3.63) is 23.8 Å². The van der Waals surface area contributed by atoms with E-state index in [1.165, 1.54) is 25.3 Å². The maximum Gasteiger partial charge on any atom is 0.306 e. The first-order valence-corrected chi connectivity index (χ1v) is 4.31. The number of hydrogen-bond donors (Lipinski definition) is 3. The van der Waals surface area contributed by atoms with Crippen LogP contribution in [0.4, 0.5) is 0 Å². The van der Waals surface area contributed by atoms with Gasteiger partial charge in [0.05, 0.1) is 12.5 Å². The van der Waals surface area contributed by atoms with Crippen LogP contribution in [0, 0.1) is 0 Å². The zero-order valence-corrected chi connectivity index (χ0v) is 8.17. The van der Waals surface area contributed by atoms with Crippen molar-refractivity contribution in [1.29, 1.82) is 0 Å². The van der Waals surface area contributed by atoms with Gasteiger partial charge in [-0.15, -0.1) is 0 Å². The van der Waals surface area contributed by atoms with Crippen molar-refractivity contribution in [3.63, 3.8) is 0 Å². The monoisotopic (exact) mass is 212 g/mol. The molecule has 0 fully saturated rings. The van der Waals surface area contributed by atoms with Gasteiger partial charge < -0.3 is 20.1 Å². The van der Waals surface area contributed by atoms with E-state index in [2.05, 4.69) is 0 Å². The quantitative estimate of drug-likeness (QED) is 0.654. The van der Waals surface area contributed by atoms with E-state index in [1.807, 2.05) is 0 Å². The summed E-state index contributed by atoms with van der Waals surface area (Å²) in [7, 11) is 1.39. The lowest BCUT2D eigenvalue weighted by Gasteiger charge is -2.13. The van der Waals surface area contributed by atoms with Crippen LogP contribution in [0.1, 0.15) is 18.1 Å². The fourth-order valence-corrected chi connectivity index (χ4v) is 1.24. The first-order chi connectivity index (χ1) is 7.04. The lowest BCUT2D eigenvalue weighted by Crippen LogP contribution is -2.07. The summed E-state index contributed by atoms with van der Waals surface area (Å²) in [5, 5.41) is 26.9. The third kappa shape index (κ3) is 2.85. The van der Waals surface area contributed by atoms with E-state index < -0.39 is 12.1 Å². The molecule has 3 N–H and O–H groups in total. The lowest BCUT2D eigenvalue weighted by molar-refractivity contribution is -0.139. The molecule has 0 aliphatic heterocycles. The number of aliphatic carboxylic acids is 1. The zero-order valence-electron chi connectivity index (χ0n) is 8.17. The molecule has 82 valence electrons. The van der Waals surface area contributed by atoms with Crippen molar-refractivity contribution in [2.45, 2.75) is 12.5 Å². The molecular formula is C10H12O5. The smallest absolute Gasteiger partial charge is 0.306 e. The Kier molecular flexibility index (Phi) is 3.51. The van der Waals surface area contributed by atoms with Crippen LogP contribution in [0.5, 0.6) is 11.5 Å². The number of methoxy groups -OCH3 is 1. The average Bonchev–Trinajstić information content (AvgIpc) is 2.18. The second-order valence-corrected chi connectivity index (χ2v) is 3.07. The Labute approximate surface area is 86.5 Å². The van der Waals surface area contributed by atoms with Gasteiger partial charge in [-0.05, 0) is 17.7 Å². The van der Waals surface area contributed by atoms with E-state index in [-0.39, 0.29) is 17.9 Å². The number of phenols is 2. The van der Waals surface area contributed by atoms with Crippen LogP contribution in [-0.2, 0) is 9.53 Å². The Hall–Kier alpha value is -1.75. The minimum absolute atomic E-state index is 0.194. The molecule has 0 amide bonds. The van der Waals surface area contributed by atoms with Gasteiger partial charge in [0.1, 0.15) is 0 Å². The van der Waals surface area contributed by atoms with Gasteiger partial charge in [-0.25, -0.2) is 0 Å². The maximum absolute atomic E-state index is 10.5. The molecule has 1 atom stereocenters. The molecule has 0 saturated heterocycles. The molecule has 1 aromatic carbocycles. The van der Waals surface area contributed by atoms with Gasteiger partial charge in [0.25, 0.3) is 0 Å². The molecule has 0 aliphatic carbocycles. The van der Waals surface area contributed by atoms with Gasteiger partial charge in [-0.1, -0.05) is 6.07 Å². The first kappa shape index (κ1) is 11.3. The highest BCUT2D eigenvalue weighted by atomic mass is 16.5. The van der Waals surface area contributed by atoms with Gasteiger partial charge in [0.15, 0.2) is 11.5 Å². The summed E-state index contributed by atoms with van der Waals surface area (Å²) in [6, 6.07) is 4.08. The second-order valence-electron chi connectivity index (χ2n) is 3.07. The van der Waals surface area contributed by atoms with Crippen LogP contribution in [0.15, 0.2) is 18.2 Å². The van der Waals surface area contributed by atoms with Crippen molar-refractivity contribution in [2.24, 2.45) is 0 Å². The minimum Gasteiger partial charge on any atom is -0.504 e. The molecule has 0 bridgehead atoms. The zero-order chi connectivity index (χ0) is 11.4. The average molecular weight is 212 g/mol. The summed E-state index contributed by atoms with van der Waals surface area (Å²) in [6.45, 7) is 0. The molecule has 0 heterocycles. The van der Waals surface area contributed by atoms with E-state index in [0.717, 1.165) is 0 Å². The molecule has 0 aromatic heterocycles. The van der Waals surface area contributed by atoms with Crippen molar-refractivity contribution < 1.29 is 24.9 Å². The number of ether oxygens (including phenoxy) is 1. The van der Waals surface area contributed by atoms with Gasteiger partial charge in [0.2, 0.25) is 0 Å². The van der Waals surface area contributed by atoms with Crippen LogP contribution in [0.25, 0.3) is 0 Å². The van der Waals surface area contributed by atoms with Crippen LogP contribution >= 0.6 is 0 Å². The van der Waals surface area contributed by atoms with E-state index in [4.69, 9.17) is 14.9 Å².